The summed E-state index contributed by atoms with van der Waals surface area (Å²) < 4.78 is 26.8. The van der Waals surface area contributed by atoms with Crippen LogP contribution in [-0.2, 0) is 12.8 Å². The van der Waals surface area contributed by atoms with Crippen molar-refractivity contribution in [2.24, 2.45) is 5.73 Å². The van der Waals surface area contributed by atoms with Gasteiger partial charge in [0.05, 0.1) is 11.4 Å². The third-order valence-electron chi connectivity index (χ3n) is 3.21. The molecule has 0 spiro atoms. The molecule has 0 amide bonds. The Bertz CT molecular complexity index is 614. The topological polar surface area (TPSA) is 51.8 Å². The lowest BCUT2D eigenvalue weighted by atomic mass is 9.97. The Morgan fingerprint density at radius 3 is 2.65 bits per heavy atom. The minimum Gasteiger partial charge on any atom is -0.324 e. The van der Waals surface area contributed by atoms with Gasteiger partial charge in [0.15, 0.2) is 0 Å². The maximum atomic E-state index is 13.7. The summed E-state index contributed by atoms with van der Waals surface area (Å²) in [7, 11) is 0. The molecule has 1 heterocycles. The summed E-state index contributed by atoms with van der Waals surface area (Å²) in [6, 6.07) is 4.82. The molecule has 0 aliphatic heterocycles. The largest absolute Gasteiger partial charge is 0.324 e. The van der Waals surface area contributed by atoms with E-state index in [4.69, 9.17) is 5.73 Å². The third kappa shape index (κ3) is 3.17. The highest BCUT2D eigenvalue weighted by Crippen LogP contribution is 2.21. The Balaban J connectivity index is 2.30. The van der Waals surface area contributed by atoms with E-state index in [1.165, 1.54) is 6.07 Å². The lowest BCUT2D eigenvalue weighted by molar-refractivity contribution is 0.571. The SMILES string of the molecule is CCc1nnc(C)cc1C(N)Cc1cc(F)ccc1F. The van der Waals surface area contributed by atoms with Gasteiger partial charge in [-0.05, 0) is 55.2 Å². The molecule has 2 aromatic rings. The molecule has 0 saturated heterocycles. The van der Waals surface area contributed by atoms with Gasteiger partial charge in [0.1, 0.15) is 11.6 Å². The average molecular weight is 277 g/mol. The first-order valence-corrected chi connectivity index (χ1v) is 6.54. The van der Waals surface area contributed by atoms with E-state index < -0.39 is 17.7 Å². The first-order chi connectivity index (χ1) is 9.51. The van der Waals surface area contributed by atoms with Gasteiger partial charge in [0.25, 0.3) is 0 Å². The second-order valence-electron chi connectivity index (χ2n) is 4.79. The maximum absolute atomic E-state index is 13.7. The molecule has 0 aliphatic carbocycles. The molecule has 3 nitrogen and oxygen atoms in total. The molecular formula is C15H17F2N3. The first kappa shape index (κ1) is 14.5. The van der Waals surface area contributed by atoms with Crippen LogP contribution in [0.4, 0.5) is 8.78 Å². The van der Waals surface area contributed by atoms with Gasteiger partial charge in [0.2, 0.25) is 0 Å². The standard InChI is InChI=1S/C15H17F2N3/c1-3-15-12(6-9(2)19-20-15)14(18)8-10-7-11(16)4-5-13(10)17/h4-7,14H,3,8,18H2,1-2H3. The van der Waals surface area contributed by atoms with Gasteiger partial charge in [-0.2, -0.15) is 10.2 Å². The summed E-state index contributed by atoms with van der Waals surface area (Å²) in [6.45, 7) is 3.78. The number of benzene rings is 1. The Morgan fingerprint density at radius 1 is 1.20 bits per heavy atom. The smallest absolute Gasteiger partial charge is 0.126 e. The van der Waals surface area contributed by atoms with E-state index in [-0.39, 0.29) is 12.0 Å². The maximum Gasteiger partial charge on any atom is 0.126 e. The second-order valence-corrected chi connectivity index (χ2v) is 4.79. The zero-order chi connectivity index (χ0) is 14.7. The van der Waals surface area contributed by atoms with Crippen LogP contribution in [0.1, 0.15) is 35.5 Å². The molecular weight excluding hydrogens is 260 g/mol. The van der Waals surface area contributed by atoms with Crippen LogP contribution in [0.15, 0.2) is 24.3 Å². The Labute approximate surface area is 116 Å². The number of aromatic nitrogens is 2. The highest BCUT2D eigenvalue weighted by molar-refractivity contribution is 5.28. The average Bonchev–Trinajstić information content (AvgIpc) is 2.42. The van der Waals surface area contributed by atoms with Crippen LogP contribution in [0, 0.1) is 18.6 Å². The van der Waals surface area contributed by atoms with E-state index in [1.54, 1.807) is 0 Å². The molecule has 1 aromatic carbocycles. The minimum atomic E-state index is -0.464. The highest BCUT2D eigenvalue weighted by atomic mass is 19.1. The van der Waals surface area contributed by atoms with E-state index >= 15 is 0 Å². The predicted molar refractivity (Wildman–Crippen MR) is 73.1 cm³/mol. The van der Waals surface area contributed by atoms with Crippen molar-refractivity contribution in [1.82, 2.24) is 10.2 Å². The number of nitrogens with two attached hydrogens (primary N) is 1. The van der Waals surface area contributed by atoms with Gasteiger partial charge < -0.3 is 5.73 Å². The van der Waals surface area contributed by atoms with Crippen molar-refractivity contribution in [2.45, 2.75) is 32.7 Å². The Kier molecular flexibility index (Phi) is 4.39. The van der Waals surface area contributed by atoms with Crippen LogP contribution >= 0.6 is 0 Å². The second kappa shape index (κ2) is 6.05. The fraction of sp³-hybridized carbons (Fsp3) is 0.333. The molecule has 5 heteroatoms. The Hall–Kier alpha value is -1.88. The van der Waals surface area contributed by atoms with Crippen LogP contribution in [0.25, 0.3) is 0 Å². The highest BCUT2D eigenvalue weighted by Gasteiger charge is 2.15. The number of hydrogen-bond donors (Lipinski definition) is 1. The number of rotatable bonds is 4. The van der Waals surface area contributed by atoms with E-state index in [9.17, 15) is 8.78 Å². The Morgan fingerprint density at radius 2 is 1.95 bits per heavy atom. The van der Waals surface area contributed by atoms with Crippen LogP contribution < -0.4 is 5.73 Å². The van der Waals surface area contributed by atoms with Gasteiger partial charge in [0, 0.05) is 6.04 Å². The quantitative estimate of drug-likeness (QED) is 0.935. The van der Waals surface area contributed by atoms with Crippen molar-refractivity contribution in [3.05, 3.63) is 58.4 Å². The molecule has 20 heavy (non-hydrogen) atoms. The van der Waals surface area contributed by atoms with Gasteiger partial charge in [-0.3, -0.25) is 0 Å². The molecule has 2 N–H and O–H groups in total. The van der Waals surface area contributed by atoms with E-state index in [2.05, 4.69) is 10.2 Å². The molecule has 0 radical (unpaired) electrons. The lowest BCUT2D eigenvalue weighted by Gasteiger charge is -2.16. The first-order valence-electron chi connectivity index (χ1n) is 6.54. The monoisotopic (exact) mass is 277 g/mol. The number of halogens is 2. The fourth-order valence-electron chi connectivity index (χ4n) is 2.18. The summed E-state index contributed by atoms with van der Waals surface area (Å²) in [6.07, 6.45) is 0.920. The molecule has 0 saturated carbocycles. The third-order valence-corrected chi connectivity index (χ3v) is 3.21. The molecule has 2 rings (SSSR count). The van der Waals surface area contributed by atoms with Crippen LogP contribution in [0.2, 0.25) is 0 Å². The molecule has 1 unspecified atom stereocenters. The summed E-state index contributed by atoms with van der Waals surface area (Å²) in [4.78, 5) is 0. The summed E-state index contributed by atoms with van der Waals surface area (Å²) >= 11 is 0. The van der Waals surface area contributed by atoms with Crippen molar-refractivity contribution in [3.8, 4) is 0 Å². The van der Waals surface area contributed by atoms with Crippen LogP contribution in [0.5, 0.6) is 0 Å². The molecule has 0 aliphatic rings. The van der Waals surface area contributed by atoms with Crippen molar-refractivity contribution < 1.29 is 8.78 Å². The number of hydrogen-bond acceptors (Lipinski definition) is 3. The number of nitrogens with zero attached hydrogens (tertiary/aromatic N) is 2. The van der Waals surface area contributed by atoms with Crippen LogP contribution in [-0.4, -0.2) is 10.2 Å². The van der Waals surface area contributed by atoms with Crippen molar-refractivity contribution in [2.75, 3.05) is 0 Å². The van der Waals surface area contributed by atoms with Crippen molar-refractivity contribution in [3.63, 3.8) is 0 Å². The molecule has 1 aromatic heterocycles. The molecule has 0 bridgehead atoms. The molecule has 1 atom stereocenters. The van der Waals surface area contributed by atoms with E-state index in [0.717, 1.165) is 29.1 Å². The van der Waals surface area contributed by atoms with Gasteiger partial charge in [-0.1, -0.05) is 6.92 Å². The summed E-state index contributed by atoms with van der Waals surface area (Å²) in [5.74, 6) is -0.910. The van der Waals surface area contributed by atoms with Gasteiger partial charge in [-0.15, -0.1) is 0 Å². The zero-order valence-corrected chi connectivity index (χ0v) is 11.5. The van der Waals surface area contributed by atoms with E-state index in [1.807, 2.05) is 19.9 Å². The normalized spacial score (nSPS) is 12.4. The predicted octanol–water partition coefficient (Wildman–Crippen LogP) is 2.87. The van der Waals surface area contributed by atoms with Crippen molar-refractivity contribution in [1.29, 1.82) is 0 Å². The van der Waals surface area contributed by atoms with Gasteiger partial charge >= 0.3 is 0 Å². The fourth-order valence-corrected chi connectivity index (χ4v) is 2.18. The van der Waals surface area contributed by atoms with Gasteiger partial charge in [-0.25, -0.2) is 8.78 Å². The van der Waals surface area contributed by atoms with E-state index in [0.29, 0.717) is 6.42 Å². The summed E-state index contributed by atoms with van der Waals surface area (Å²) in [5.41, 5.74) is 8.79. The molecule has 0 fully saturated rings. The lowest BCUT2D eigenvalue weighted by Crippen LogP contribution is -2.18. The number of aryl methyl sites for hydroxylation is 2. The van der Waals surface area contributed by atoms with Crippen molar-refractivity contribution >= 4 is 0 Å². The minimum absolute atomic E-state index is 0.224. The van der Waals surface area contributed by atoms with Crippen LogP contribution in [0.3, 0.4) is 0 Å². The zero-order valence-electron chi connectivity index (χ0n) is 11.5. The summed E-state index contributed by atoms with van der Waals surface area (Å²) in [5, 5.41) is 8.09. The molecule has 106 valence electrons.